The van der Waals surface area contributed by atoms with Crippen LogP contribution >= 0.6 is 24.0 Å². The Hall–Kier alpha value is -2.01. The molecule has 0 saturated carbocycles. The quantitative estimate of drug-likeness (QED) is 0.178. The van der Waals surface area contributed by atoms with Gasteiger partial charge in [0.25, 0.3) is 5.91 Å². The molecule has 0 saturated heterocycles. The number of nitrogens with two attached hydrogens (primary N) is 1. The number of nitrogens with zero attached hydrogens (tertiary/aromatic N) is 1. The zero-order chi connectivity index (χ0) is 19.6. The van der Waals surface area contributed by atoms with Gasteiger partial charge in [-0.2, -0.15) is 0 Å². The minimum Gasteiger partial charge on any atom is -0.339 e. The summed E-state index contributed by atoms with van der Waals surface area (Å²) in [6, 6.07) is 5.86. The molecule has 3 rings (SSSR count). The Labute approximate surface area is 185 Å². The minimum absolute atomic E-state index is 0. The van der Waals surface area contributed by atoms with Gasteiger partial charge in [0.15, 0.2) is 0 Å². The van der Waals surface area contributed by atoms with Gasteiger partial charge < -0.3 is 16.0 Å². The van der Waals surface area contributed by atoms with E-state index in [1.54, 1.807) is 6.20 Å². The smallest absolute Gasteiger partial charge is 0.275 e. The van der Waals surface area contributed by atoms with Crippen LogP contribution in [0.1, 0.15) is 38.6 Å². The van der Waals surface area contributed by atoms with Gasteiger partial charge in [0, 0.05) is 32.7 Å². The molecule has 2 aromatic heterocycles. The number of hydrogen-bond donors (Lipinski definition) is 4. The summed E-state index contributed by atoms with van der Waals surface area (Å²) in [5.74, 6) is -0.401. The fourth-order valence-corrected chi connectivity index (χ4v) is 3.59. The van der Waals surface area contributed by atoms with Crippen LogP contribution < -0.4 is 16.5 Å². The van der Waals surface area contributed by atoms with E-state index in [-0.39, 0.29) is 46.2 Å². The predicted octanol–water partition coefficient (Wildman–Crippen LogP) is 3.84. The molecular formula is C20H32IN5O2. The number of nitrogens with one attached hydrogen (secondary N) is 3. The SMILES string of the molecule is C/C=C\C(c1cc2[nH]c3ncccc3c2c(C(=O)NOC)c1C)C(N)NC.I.[HH].[HH].[HH]. The monoisotopic (exact) mass is 501 g/mol. The van der Waals surface area contributed by atoms with E-state index in [2.05, 4.69) is 26.8 Å². The molecule has 0 aliphatic heterocycles. The third kappa shape index (κ3) is 3.90. The summed E-state index contributed by atoms with van der Waals surface area (Å²) in [4.78, 5) is 25.5. The lowest BCUT2D eigenvalue weighted by Crippen LogP contribution is -2.40. The number of amides is 1. The predicted molar refractivity (Wildman–Crippen MR) is 129 cm³/mol. The third-order valence-electron chi connectivity index (χ3n) is 4.86. The maximum atomic E-state index is 12.9. The van der Waals surface area contributed by atoms with Crippen molar-refractivity contribution in [2.45, 2.75) is 25.9 Å². The van der Waals surface area contributed by atoms with Crippen molar-refractivity contribution in [1.82, 2.24) is 20.8 Å². The molecule has 7 nitrogen and oxygen atoms in total. The largest absolute Gasteiger partial charge is 0.339 e. The second-order valence-electron chi connectivity index (χ2n) is 6.41. The first kappa shape index (κ1) is 22.3. The Morgan fingerprint density at radius 3 is 2.86 bits per heavy atom. The van der Waals surface area contributed by atoms with Gasteiger partial charge in [-0.1, -0.05) is 12.2 Å². The maximum Gasteiger partial charge on any atom is 0.275 e. The summed E-state index contributed by atoms with van der Waals surface area (Å²) in [6.07, 6.45) is 5.43. The van der Waals surface area contributed by atoms with Crippen LogP contribution in [0.5, 0.6) is 0 Å². The summed E-state index contributed by atoms with van der Waals surface area (Å²) in [7, 11) is 3.24. The molecule has 3 aromatic rings. The van der Waals surface area contributed by atoms with E-state index in [4.69, 9.17) is 10.6 Å². The normalized spacial score (nSPS) is 13.6. The summed E-state index contributed by atoms with van der Waals surface area (Å²) in [6.45, 7) is 3.89. The number of carbonyl (C=O) groups excluding carboxylic acids is 1. The minimum atomic E-state index is -0.302. The Morgan fingerprint density at radius 1 is 1.46 bits per heavy atom. The van der Waals surface area contributed by atoms with Crippen LogP contribution in [0.15, 0.2) is 36.5 Å². The molecule has 1 aromatic carbocycles. The van der Waals surface area contributed by atoms with Crippen molar-refractivity contribution in [1.29, 1.82) is 0 Å². The number of H-pyrrole nitrogens is 1. The van der Waals surface area contributed by atoms with Crippen molar-refractivity contribution >= 4 is 51.8 Å². The third-order valence-corrected chi connectivity index (χ3v) is 4.86. The van der Waals surface area contributed by atoms with E-state index in [1.807, 2.05) is 45.2 Å². The Balaban J connectivity index is 0. The van der Waals surface area contributed by atoms with E-state index in [9.17, 15) is 4.79 Å². The van der Waals surface area contributed by atoms with Crippen LogP contribution in [-0.2, 0) is 4.84 Å². The van der Waals surface area contributed by atoms with Crippen molar-refractivity contribution in [2.24, 2.45) is 5.73 Å². The number of aromatic nitrogens is 2. The summed E-state index contributed by atoms with van der Waals surface area (Å²) >= 11 is 0. The molecule has 1 amide bonds. The molecule has 8 heteroatoms. The van der Waals surface area contributed by atoms with Gasteiger partial charge in [-0.05, 0) is 50.2 Å². The first-order valence-electron chi connectivity index (χ1n) is 8.82. The van der Waals surface area contributed by atoms with E-state index >= 15 is 0 Å². The number of pyridine rings is 1. The Morgan fingerprint density at radius 2 is 2.21 bits per heavy atom. The van der Waals surface area contributed by atoms with E-state index in [1.165, 1.54) is 7.11 Å². The number of allylic oxidation sites excluding steroid dienone is 1. The van der Waals surface area contributed by atoms with Crippen LogP contribution in [0.3, 0.4) is 0 Å². The summed E-state index contributed by atoms with van der Waals surface area (Å²) in [5, 5.41) is 4.82. The molecule has 2 atom stereocenters. The fourth-order valence-electron chi connectivity index (χ4n) is 3.59. The van der Waals surface area contributed by atoms with Gasteiger partial charge >= 0.3 is 0 Å². The lowest BCUT2D eigenvalue weighted by molar-refractivity contribution is 0.0538. The van der Waals surface area contributed by atoms with E-state index in [0.29, 0.717) is 5.56 Å². The molecule has 2 unspecified atom stereocenters. The second-order valence-corrected chi connectivity index (χ2v) is 6.41. The molecule has 156 valence electrons. The highest BCUT2D eigenvalue weighted by molar-refractivity contribution is 14.0. The molecule has 28 heavy (non-hydrogen) atoms. The standard InChI is InChI=1S/C20H25N5O2.HI.3H2/c1-5-7-12(18(21)22-3)14-10-15-17(13-8-6-9-23-19(13)24-15)16(11(14)2)20(26)25-27-4;;;;/h5-10,12,18,22H,21H2,1-4H3,(H,23,24)(H,25,26);4*1H/b7-5-;;;;. The van der Waals surface area contributed by atoms with E-state index < -0.39 is 0 Å². The zero-order valence-electron chi connectivity index (χ0n) is 16.4. The molecule has 2 heterocycles. The summed E-state index contributed by atoms with van der Waals surface area (Å²) in [5.41, 5.74) is 12.7. The number of carbonyl (C=O) groups is 1. The number of benzene rings is 1. The van der Waals surface area contributed by atoms with Crippen molar-refractivity contribution in [2.75, 3.05) is 14.2 Å². The van der Waals surface area contributed by atoms with Crippen molar-refractivity contribution in [3.8, 4) is 0 Å². The lowest BCUT2D eigenvalue weighted by atomic mass is 9.87. The van der Waals surface area contributed by atoms with Crippen LogP contribution in [0, 0.1) is 6.92 Å². The van der Waals surface area contributed by atoms with Gasteiger partial charge in [-0.3, -0.25) is 9.63 Å². The molecule has 0 bridgehead atoms. The van der Waals surface area contributed by atoms with Crippen LogP contribution in [0.2, 0.25) is 0 Å². The average Bonchev–Trinajstić information content (AvgIpc) is 3.03. The highest BCUT2D eigenvalue weighted by Crippen LogP contribution is 2.35. The second kappa shape index (κ2) is 9.46. The highest BCUT2D eigenvalue weighted by atomic mass is 127. The van der Waals surface area contributed by atoms with Crippen molar-refractivity contribution in [3.05, 3.63) is 53.2 Å². The van der Waals surface area contributed by atoms with Gasteiger partial charge in [-0.15, -0.1) is 24.0 Å². The molecule has 0 aliphatic carbocycles. The van der Waals surface area contributed by atoms with Crippen LogP contribution in [-0.4, -0.2) is 36.2 Å². The highest BCUT2D eigenvalue weighted by Gasteiger charge is 2.25. The van der Waals surface area contributed by atoms with Crippen LogP contribution in [0.4, 0.5) is 0 Å². The number of hydrogen-bond acceptors (Lipinski definition) is 5. The van der Waals surface area contributed by atoms with Crippen molar-refractivity contribution in [3.63, 3.8) is 0 Å². The lowest BCUT2D eigenvalue weighted by Gasteiger charge is -2.24. The molecule has 0 spiro atoms. The number of fused-ring (bicyclic) bond motifs is 3. The van der Waals surface area contributed by atoms with Gasteiger partial charge in [-0.25, -0.2) is 10.5 Å². The Kier molecular flexibility index (Phi) is 7.53. The Bertz CT molecular complexity index is 1030. The zero-order valence-corrected chi connectivity index (χ0v) is 18.7. The number of aromatic amines is 1. The number of likely N-dealkylation sites (N-methyl/N-ethyl adjacent to an activating group) is 1. The molecule has 0 aliphatic rings. The maximum absolute atomic E-state index is 12.9. The molecular weight excluding hydrogens is 469 g/mol. The van der Waals surface area contributed by atoms with E-state index in [0.717, 1.165) is 33.1 Å². The summed E-state index contributed by atoms with van der Waals surface area (Å²) < 4.78 is 0. The van der Waals surface area contributed by atoms with Crippen LogP contribution in [0.25, 0.3) is 21.9 Å². The first-order valence-corrected chi connectivity index (χ1v) is 8.82. The van der Waals surface area contributed by atoms with Gasteiger partial charge in [0.2, 0.25) is 0 Å². The first-order chi connectivity index (χ1) is 13.0. The van der Waals surface area contributed by atoms with Crippen molar-refractivity contribution < 1.29 is 13.9 Å². The van der Waals surface area contributed by atoms with Gasteiger partial charge in [0.05, 0.1) is 18.8 Å². The molecule has 0 fully saturated rings. The fraction of sp³-hybridized carbons (Fsp3) is 0.300. The number of rotatable bonds is 6. The topological polar surface area (TPSA) is 105 Å². The molecule has 0 radical (unpaired) electrons. The number of hydroxylamine groups is 1. The van der Waals surface area contributed by atoms with Gasteiger partial charge in [0.1, 0.15) is 5.65 Å². The number of halogens is 1. The average molecular weight is 501 g/mol. The molecule has 5 N–H and O–H groups in total.